The molecule has 0 aliphatic carbocycles. The molecule has 5 nitrogen and oxygen atoms in total. The molecule has 0 saturated carbocycles. The Labute approximate surface area is 201 Å². The number of hydrogen-bond donors (Lipinski definition) is 1. The molecule has 7 heteroatoms. The Hall–Kier alpha value is -2.24. The van der Waals surface area contributed by atoms with E-state index in [-0.39, 0.29) is 31.0 Å². The molecule has 2 rings (SSSR count). The molecule has 0 heterocycles. The van der Waals surface area contributed by atoms with Crippen molar-refractivity contribution < 1.29 is 14.3 Å². The van der Waals surface area contributed by atoms with Gasteiger partial charge in [-0.05, 0) is 62.9 Å². The molecule has 0 spiro atoms. The van der Waals surface area contributed by atoms with Gasteiger partial charge in [0, 0.05) is 28.2 Å². The molecule has 0 saturated heterocycles. The summed E-state index contributed by atoms with van der Waals surface area (Å²) >= 11 is 12.7. The molecule has 2 amide bonds. The maximum absolute atomic E-state index is 13.3. The second kappa shape index (κ2) is 12.1. The zero-order chi connectivity index (χ0) is 23.8. The third-order valence-electron chi connectivity index (χ3n) is 5.47. The van der Waals surface area contributed by atoms with Crippen LogP contribution in [0.4, 0.5) is 0 Å². The van der Waals surface area contributed by atoms with Crippen LogP contribution in [0.2, 0.25) is 10.0 Å². The lowest BCUT2D eigenvalue weighted by atomic mass is 10.1. The van der Waals surface area contributed by atoms with Gasteiger partial charge in [0.25, 0.3) is 5.91 Å². The second-order valence-electron chi connectivity index (χ2n) is 8.02. The maximum atomic E-state index is 13.3. The third-order valence-corrected chi connectivity index (χ3v) is 6.18. The first-order valence-corrected chi connectivity index (χ1v) is 11.7. The Balaban J connectivity index is 2.32. The van der Waals surface area contributed by atoms with E-state index >= 15 is 0 Å². The fraction of sp³-hybridized carbons (Fsp3) is 0.440. The van der Waals surface area contributed by atoms with Crippen molar-refractivity contribution in [2.75, 3.05) is 6.61 Å². The number of ether oxygens (including phenoxy) is 1. The molecular formula is C25H32Cl2N2O3. The van der Waals surface area contributed by atoms with Gasteiger partial charge in [-0.3, -0.25) is 9.59 Å². The first kappa shape index (κ1) is 26.0. The van der Waals surface area contributed by atoms with Crippen LogP contribution in [0.15, 0.2) is 36.4 Å². The fourth-order valence-electron chi connectivity index (χ4n) is 3.30. The molecule has 0 unspecified atom stereocenters. The number of aryl methyl sites for hydroxylation is 2. The Bertz CT molecular complexity index is 929. The summed E-state index contributed by atoms with van der Waals surface area (Å²) in [6.07, 6.45) is 1.24. The van der Waals surface area contributed by atoms with Gasteiger partial charge >= 0.3 is 0 Å². The second-order valence-corrected chi connectivity index (χ2v) is 8.84. The molecule has 0 fully saturated rings. The highest BCUT2D eigenvalue weighted by atomic mass is 35.5. The summed E-state index contributed by atoms with van der Waals surface area (Å²) in [5.74, 6) is 0.129. The molecule has 2 atom stereocenters. The highest BCUT2D eigenvalue weighted by molar-refractivity contribution is 6.36. The number of carbonyl (C=O) groups excluding carboxylic acids is 2. The molecular weight excluding hydrogens is 447 g/mol. The number of nitrogens with one attached hydrogen (secondary N) is 1. The van der Waals surface area contributed by atoms with Crippen molar-refractivity contribution in [3.05, 3.63) is 63.1 Å². The summed E-state index contributed by atoms with van der Waals surface area (Å²) in [4.78, 5) is 27.9. The number of nitrogens with zero attached hydrogens (tertiary/aromatic N) is 1. The van der Waals surface area contributed by atoms with E-state index in [1.54, 1.807) is 18.2 Å². The third kappa shape index (κ3) is 6.88. The SMILES string of the molecule is CC[C@@H](C)NC(=O)[C@H](CC)N(Cc1c(Cl)cccc1Cl)C(=O)COc1cc(C)ccc1C. The normalized spacial score (nSPS) is 12.7. The van der Waals surface area contributed by atoms with Crippen LogP contribution >= 0.6 is 23.2 Å². The van der Waals surface area contributed by atoms with Crippen LogP contribution in [0, 0.1) is 13.8 Å². The van der Waals surface area contributed by atoms with Crippen molar-refractivity contribution in [3.8, 4) is 5.75 Å². The fourth-order valence-corrected chi connectivity index (χ4v) is 3.82. The van der Waals surface area contributed by atoms with Crippen LogP contribution in [0.25, 0.3) is 0 Å². The van der Waals surface area contributed by atoms with Crippen molar-refractivity contribution in [1.29, 1.82) is 0 Å². The predicted molar refractivity (Wildman–Crippen MR) is 130 cm³/mol. The monoisotopic (exact) mass is 478 g/mol. The van der Waals surface area contributed by atoms with Crippen molar-refractivity contribution in [3.63, 3.8) is 0 Å². The number of rotatable bonds is 10. The highest BCUT2D eigenvalue weighted by Gasteiger charge is 2.30. The summed E-state index contributed by atoms with van der Waals surface area (Å²) in [5, 5.41) is 3.88. The van der Waals surface area contributed by atoms with E-state index in [0.29, 0.717) is 27.8 Å². The predicted octanol–water partition coefficient (Wildman–Crippen LogP) is 5.71. The molecule has 32 heavy (non-hydrogen) atoms. The quantitative estimate of drug-likeness (QED) is 0.475. The van der Waals surface area contributed by atoms with Gasteiger partial charge < -0.3 is 15.0 Å². The van der Waals surface area contributed by atoms with E-state index < -0.39 is 6.04 Å². The van der Waals surface area contributed by atoms with Gasteiger partial charge in [-0.15, -0.1) is 0 Å². The summed E-state index contributed by atoms with van der Waals surface area (Å²) < 4.78 is 5.85. The number of hydrogen-bond acceptors (Lipinski definition) is 3. The van der Waals surface area contributed by atoms with E-state index in [1.807, 2.05) is 52.8 Å². The van der Waals surface area contributed by atoms with Gasteiger partial charge in [0.1, 0.15) is 11.8 Å². The van der Waals surface area contributed by atoms with E-state index in [1.165, 1.54) is 4.90 Å². The van der Waals surface area contributed by atoms with Crippen LogP contribution in [0.5, 0.6) is 5.75 Å². The lowest BCUT2D eigenvalue weighted by Gasteiger charge is -2.32. The Morgan fingerprint density at radius 3 is 2.31 bits per heavy atom. The molecule has 0 aliphatic heterocycles. The molecule has 0 radical (unpaired) electrons. The average Bonchev–Trinajstić information content (AvgIpc) is 2.75. The van der Waals surface area contributed by atoms with Gasteiger partial charge in [-0.1, -0.05) is 55.2 Å². The van der Waals surface area contributed by atoms with Crippen LogP contribution in [0.3, 0.4) is 0 Å². The topological polar surface area (TPSA) is 58.6 Å². The van der Waals surface area contributed by atoms with E-state index in [4.69, 9.17) is 27.9 Å². The number of carbonyl (C=O) groups is 2. The minimum atomic E-state index is -0.675. The summed E-state index contributed by atoms with van der Waals surface area (Å²) in [7, 11) is 0. The summed E-state index contributed by atoms with van der Waals surface area (Å²) in [5.41, 5.74) is 2.58. The van der Waals surface area contributed by atoms with Crippen molar-refractivity contribution in [2.45, 2.75) is 66.1 Å². The zero-order valence-corrected chi connectivity index (χ0v) is 20.9. The molecule has 1 N–H and O–H groups in total. The van der Waals surface area contributed by atoms with E-state index in [9.17, 15) is 9.59 Å². The highest BCUT2D eigenvalue weighted by Crippen LogP contribution is 2.27. The lowest BCUT2D eigenvalue weighted by molar-refractivity contribution is -0.143. The van der Waals surface area contributed by atoms with Crippen LogP contribution in [0.1, 0.15) is 50.3 Å². The Morgan fingerprint density at radius 2 is 1.72 bits per heavy atom. The standard InChI is InChI=1S/C25H32Cl2N2O3/c1-6-18(5)28-25(31)22(7-2)29(14-19-20(26)9-8-10-21(19)27)24(30)15-32-23-13-16(3)11-12-17(23)4/h8-13,18,22H,6-7,14-15H2,1-5H3,(H,28,31)/t18-,22+/m1/s1. The zero-order valence-electron chi connectivity index (χ0n) is 19.4. The van der Waals surface area contributed by atoms with Crippen molar-refractivity contribution in [2.24, 2.45) is 0 Å². The summed E-state index contributed by atoms with van der Waals surface area (Å²) in [6, 6.07) is 10.3. The van der Waals surface area contributed by atoms with Crippen LogP contribution in [-0.2, 0) is 16.1 Å². The molecule has 0 aromatic heterocycles. The molecule has 2 aromatic carbocycles. The van der Waals surface area contributed by atoms with Crippen LogP contribution in [-0.4, -0.2) is 35.4 Å². The van der Waals surface area contributed by atoms with E-state index in [2.05, 4.69) is 5.32 Å². The van der Waals surface area contributed by atoms with Gasteiger partial charge in [-0.25, -0.2) is 0 Å². The largest absolute Gasteiger partial charge is 0.483 e. The Morgan fingerprint density at radius 1 is 1.06 bits per heavy atom. The van der Waals surface area contributed by atoms with Gasteiger partial charge in [0.15, 0.2) is 6.61 Å². The minimum Gasteiger partial charge on any atom is -0.483 e. The minimum absolute atomic E-state index is 0.00333. The van der Waals surface area contributed by atoms with Gasteiger partial charge in [0.2, 0.25) is 5.91 Å². The molecule has 0 aliphatic rings. The van der Waals surface area contributed by atoms with Crippen molar-refractivity contribution >= 4 is 35.0 Å². The van der Waals surface area contributed by atoms with E-state index in [0.717, 1.165) is 17.5 Å². The molecule has 174 valence electrons. The Kier molecular flexibility index (Phi) is 9.85. The number of benzene rings is 2. The molecule has 0 bridgehead atoms. The van der Waals surface area contributed by atoms with Gasteiger partial charge in [-0.2, -0.15) is 0 Å². The number of amides is 2. The summed E-state index contributed by atoms with van der Waals surface area (Å²) in [6.45, 7) is 9.61. The van der Waals surface area contributed by atoms with Crippen molar-refractivity contribution in [1.82, 2.24) is 10.2 Å². The maximum Gasteiger partial charge on any atom is 0.261 e. The lowest BCUT2D eigenvalue weighted by Crippen LogP contribution is -2.51. The number of halogens is 2. The first-order chi connectivity index (χ1) is 15.2. The average molecular weight is 479 g/mol. The van der Waals surface area contributed by atoms with Crippen LogP contribution < -0.4 is 10.1 Å². The first-order valence-electron chi connectivity index (χ1n) is 10.9. The molecule has 2 aromatic rings. The van der Waals surface area contributed by atoms with Gasteiger partial charge in [0.05, 0.1) is 0 Å². The smallest absolute Gasteiger partial charge is 0.261 e.